The zero-order chi connectivity index (χ0) is 23.1. The monoisotopic (exact) mass is 443 g/mol. The zero-order valence-corrected chi connectivity index (χ0v) is 19.5. The summed E-state index contributed by atoms with van der Waals surface area (Å²) in [5.41, 5.74) is 6.56. The van der Waals surface area contributed by atoms with Crippen LogP contribution in [0.1, 0.15) is 23.6 Å². The second-order valence-electron chi connectivity index (χ2n) is 8.92. The lowest BCUT2D eigenvalue weighted by Crippen LogP contribution is -2.55. The number of carbonyl (C=O) groups excluding carboxylic acids is 1. The SMILES string of the molecule is Cc1cc(C)c(N2CCN(C(=O)Cn3nc(-c4ncc[nH]4)c4cccnc43)C(C)C2)cc1C. The molecular weight excluding hydrogens is 414 g/mol. The van der Waals surface area contributed by atoms with Crippen molar-refractivity contribution in [2.24, 2.45) is 0 Å². The summed E-state index contributed by atoms with van der Waals surface area (Å²) in [6, 6.07) is 8.46. The van der Waals surface area contributed by atoms with E-state index >= 15 is 0 Å². The van der Waals surface area contributed by atoms with Crippen molar-refractivity contribution in [3.05, 3.63) is 59.5 Å². The van der Waals surface area contributed by atoms with Gasteiger partial charge < -0.3 is 14.8 Å². The van der Waals surface area contributed by atoms with Crippen molar-refractivity contribution >= 4 is 22.6 Å². The number of fused-ring (bicyclic) bond motifs is 1. The Morgan fingerprint density at radius 2 is 1.91 bits per heavy atom. The van der Waals surface area contributed by atoms with Crippen LogP contribution in [0.25, 0.3) is 22.6 Å². The molecule has 5 rings (SSSR count). The number of pyridine rings is 1. The molecule has 0 bridgehead atoms. The number of amides is 1. The van der Waals surface area contributed by atoms with Crippen LogP contribution in [0.3, 0.4) is 0 Å². The molecule has 1 aromatic carbocycles. The number of anilines is 1. The molecule has 1 unspecified atom stereocenters. The number of aromatic amines is 1. The number of nitrogens with zero attached hydrogens (tertiary/aromatic N) is 6. The largest absolute Gasteiger partial charge is 0.367 e. The van der Waals surface area contributed by atoms with E-state index in [1.165, 1.54) is 22.4 Å². The van der Waals surface area contributed by atoms with Crippen molar-refractivity contribution < 1.29 is 4.79 Å². The summed E-state index contributed by atoms with van der Waals surface area (Å²) in [6.45, 7) is 11.0. The Labute approximate surface area is 193 Å². The number of H-pyrrole nitrogens is 1. The Morgan fingerprint density at radius 3 is 2.67 bits per heavy atom. The number of aryl methyl sites for hydroxylation is 3. The van der Waals surface area contributed by atoms with Gasteiger partial charge in [0.2, 0.25) is 5.91 Å². The molecule has 1 fully saturated rings. The summed E-state index contributed by atoms with van der Waals surface area (Å²) in [7, 11) is 0. The highest BCUT2D eigenvalue weighted by Crippen LogP contribution is 2.27. The van der Waals surface area contributed by atoms with Crippen molar-refractivity contribution in [1.82, 2.24) is 29.6 Å². The van der Waals surface area contributed by atoms with E-state index in [2.05, 4.69) is 64.8 Å². The highest BCUT2D eigenvalue weighted by atomic mass is 16.2. The quantitative estimate of drug-likeness (QED) is 0.522. The zero-order valence-electron chi connectivity index (χ0n) is 19.5. The van der Waals surface area contributed by atoms with E-state index in [4.69, 9.17) is 0 Å². The predicted molar refractivity (Wildman–Crippen MR) is 129 cm³/mol. The van der Waals surface area contributed by atoms with Gasteiger partial charge in [-0.25, -0.2) is 14.6 Å². The van der Waals surface area contributed by atoms with Crippen LogP contribution in [0.15, 0.2) is 42.9 Å². The van der Waals surface area contributed by atoms with E-state index in [-0.39, 0.29) is 18.5 Å². The van der Waals surface area contributed by atoms with Gasteiger partial charge in [-0.15, -0.1) is 0 Å². The van der Waals surface area contributed by atoms with Gasteiger partial charge in [-0.2, -0.15) is 5.10 Å². The van der Waals surface area contributed by atoms with E-state index in [0.717, 1.165) is 18.5 Å². The number of rotatable bonds is 4. The fraction of sp³-hybridized carbons (Fsp3) is 0.360. The molecule has 8 heteroatoms. The van der Waals surface area contributed by atoms with Gasteiger partial charge in [0.05, 0.1) is 5.39 Å². The number of aromatic nitrogens is 5. The standard InChI is InChI=1S/C25H29N7O/c1-16-12-18(3)21(13-17(16)2)30-10-11-31(19(4)14-30)22(33)15-32-25-20(6-5-7-28-25)23(29-32)24-26-8-9-27-24/h5-9,12-13,19H,10-11,14-15H2,1-4H3,(H,26,27). The average molecular weight is 444 g/mol. The van der Waals surface area contributed by atoms with Gasteiger partial charge in [0.1, 0.15) is 12.2 Å². The minimum Gasteiger partial charge on any atom is -0.367 e. The molecule has 1 aliphatic rings. The Hall–Kier alpha value is -3.68. The topological polar surface area (TPSA) is 82.9 Å². The number of carbonyl (C=O) groups is 1. The number of nitrogens with one attached hydrogen (secondary N) is 1. The van der Waals surface area contributed by atoms with Crippen molar-refractivity contribution in [2.45, 2.75) is 40.3 Å². The number of benzene rings is 1. The lowest BCUT2D eigenvalue weighted by molar-refractivity contribution is -0.134. The first kappa shape index (κ1) is 21.2. The van der Waals surface area contributed by atoms with Gasteiger partial charge in [0.25, 0.3) is 0 Å². The van der Waals surface area contributed by atoms with Crippen LogP contribution in [0.4, 0.5) is 5.69 Å². The van der Waals surface area contributed by atoms with Crippen LogP contribution in [0.5, 0.6) is 0 Å². The predicted octanol–water partition coefficient (Wildman–Crippen LogP) is 3.48. The van der Waals surface area contributed by atoms with Crippen molar-refractivity contribution in [3.63, 3.8) is 0 Å². The Kier molecular flexibility index (Phi) is 5.36. The molecule has 1 N–H and O–H groups in total. The summed E-state index contributed by atoms with van der Waals surface area (Å²) >= 11 is 0. The Bertz CT molecular complexity index is 1310. The molecule has 4 heterocycles. The van der Waals surface area contributed by atoms with Gasteiger partial charge in [0.15, 0.2) is 11.5 Å². The third-order valence-electron chi connectivity index (χ3n) is 6.62. The van der Waals surface area contributed by atoms with Crippen molar-refractivity contribution in [2.75, 3.05) is 24.5 Å². The van der Waals surface area contributed by atoms with E-state index in [1.54, 1.807) is 23.3 Å². The van der Waals surface area contributed by atoms with Crippen LogP contribution in [-0.2, 0) is 11.3 Å². The molecule has 8 nitrogen and oxygen atoms in total. The third kappa shape index (κ3) is 3.86. The highest BCUT2D eigenvalue weighted by Gasteiger charge is 2.29. The smallest absolute Gasteiger partial charge is 0.244 e. The molecule has 1 aliphatic heterocycles. The van der Waals surface area contributed by atoms with E-state index in [9.17, 15) is 4.79 Å². The molecular formula is C25H29N7O. The molecule has 0 saturated carbocycles. The first-order valence-electron chi connectivity index (χ1n) is 11.4. The van der Waals surface area contributed by atoms with E-state index in [0.29, 0.717) is 23.7 Å². The molecule has 170 valence electrons. The fourth-order valence-electron chi connectivity index (χ4n) is 4.74. The third-order valence-corrected chi connectivity index (χ3v) is 6.62. The van der Waals surface area contributed by atoms with Gasteiger partial charge in [-0.05, 0) is 62.6 Å². The summed E-state index contributed by atoms with van der Waals surface area (Å²) in [5, 5.41) is 5.56. The molecule has 3 aromatic heterocycles. The maximum absolute atomic E-state index is 13.3. The first-order chi connectivity index (χ1) is 15.9. The van der Waals surface area contributed by atoms with Crippen molar-refractivity contribution in [1.29, 1.82) is 0 Å². The second-order valence-corrected chi connectivity index (χ2v) is 8.92. The molecule has 4 aromatic rings. The summed E-state index contributed by atoms with van der Waals surface area (Å²) in [4.78, 5) is 29.6. The molecule has 0 spiro atoms. The molecule has 0 radical (unpaired) electrons. The van der Waals surface area contributed by atoms with E-state index < -0.39 is 0 Å². The summed E-state index contributed by atoms with van der Waals surface area (Å²) < 4.78 is 1.70. The first-order valence-corrected chi connectivity index (χ1v) is 11.4. The highest BCUT2D eigenvalue weighted by molar-refractivity contribution is 5.90. The van der Waals surface area contributed by atoms with Gasteiger partial charge in [-0.1, -0.05) is 6.07 Å². The van der Waals surface area contributed by atoms with E-state index in [1.807, 2.05) is 17.0 Å². The second kappa shape index (κ2) is 8.35. The van der Waals surface area contributed by atoms with Crippen LogP contribution in [0, 0.1) is 20.8 Å². The minimum atomic E-state index is 0.0556. The lowest BCUT2D eigenvalue weighted by atomic mass is 10.0. The molecule has 1 amide bonds. The fourth-order valence-corrected chi connectivity index (χ4v) is 4.74. The van der Waals surface area contributed by atoms with Gasteiger partial charge in [-0.3, -0.25) is 4.79 Å². The molecule has 1 atom stereocenters. The van der Waals surface area contributed by atoms with Crippen LogP contribution in [-0.4, -0.2) is 61.2 Å². The van der Waals surface area contributed by atoms with Crippen LogP contribution < -0.4 is 4.90 Å². The van der Waals surface area contributed by atoms with Crippen LogP contribution in [0.2, 0.25) is 0 Å². The lowest BCUT2D eigenvalue weighted by Gasteiger charge is -2.41. The normalized spacial score (nSPS) is 16.5. The summed E-state index contributed by atoms with van der Waals surface area (Å²) in [5.74, 6) is 0.727. The minimum absolute atomic E-state index is 0.0556. The number of hydrogen-bond acceptors (Lipinski definition) is 5. The number of piperazine rings is 1. The van der Waals surface area contributed by atoms with Crippen molar-refractivity contribution in [3.8, 4) is 11.5 Å². The number of imidazole rings is 1. The maximum Gasteiger partial charge on any atom is 0.244 e. The van der Waals surface area contributed by atoms with Gasteiger partial charge in [0, 0.05) is 50.0 Å². The van der Waals surface area contributed by atoms with Gasteiger partial charge >= 0.3 is 0 Å². The molecule has 33 heavy (non-hydrogen) atoms. The van der Waals surface area contributed by atoms with Crippen LogP contribution >= 0.6 is 0 Å². The summed E-state index contributed by atoms with van der Waals surface area (Å²) in [6.07, 6.45) is 5.18. The molecule has 1 saturated heterocycles. The Balaban J connectivity index is 1.35. The Morgan fingerprint density at radius 1 is 1.09 bits per heavy atom. The molecule has 0 aliphatic carbocycles. The average Bonchev–Trinajstić information content (AvgIpc) is 3.45. The number of hydrogen-bond donors (Lipinski definition) is 1. The maximum atomic E-state index is 13.3.